The van der Waals surface area contributed by atoms with Gasteiger partial charge in [-0.2, -0.15) is 0 Å². The summed E-state index contributed by atoms with van der Waals surface area (Å²) in [6.07, 6.45) is 5.65. The minimum atomic E-state index is -0.561. The molecule has 10 nitrogen and oxygen atoms in total. The number of aryl methyl sites for hydroxylation is 1. The van der Waals surface area contributed by atoms with E-state index in [1.807, 2.05) is 38.5 Å². The first-order chi connectivity index (χ1) is 17.9. The first-order valence-electron chi connectivity index (χ1n) is 12.2. The van der Waals surface area contributed by atoms with Gasteiger partial charge in [-0.15, -0.1) is 0 Å². The maximum atomic E-state index is 12.5. The van der Waals surface area contributed by atoms with Crippen LogP contribution in [0.5, 0.6) is 0 Å². The number of fused-ring (bicyclic) bond motifs is 1. The van der Waals surface area contributed by atoms with E-state index in [-0.39, 0.29) is 5.91 Å². The number of nitrogens with one attached hydrogen (secondary N) is 2. The predicted molar refractivity (Wildman–Crippen MR) is 145 cm³/mol. The van der Waals surface area contributed by atoms with Crippen molar-refractivity contribution < 1.29 is 9.59 Å². The predicted octanol–water partition coefficient (Wildman–Crippen LogP) is 3.09. The zero-order chi connectivity index (χ0) is 25.9. The molecule has 0 radical (unpaired) electrons. The Hall–Kier alpha value is -4.44. The number of hydrogen-bond donors (Lipinski definition) is 3. The highest BCUT2D eigenvalue weighted by Gasteiger charge is 2.20. The third kappa shape index (κ3) is 5.24. The monoisotopic (exact) mass is 498 g/mol. The van der Waals surface area contributed by atoms with E-state index in [1.165, 1.54) is 6.20 Å². The first kappa shape index (κ1) is 24.3. The SMILES string of the molecule is CN1CCC(=O)N(c2ccc(Nc3cc(NCc4cccc5ccn(C)c45)c(C(N)=O)cn3)nc2)CC1. The quantitative estimate of drug-likeness (QED) is 0.358. The Balaban J connectivity index is 1.33. The molecule has 37 heavy (non-hydrogen) atoms. The Morgan fingerprint density at radius 1 is 1.03 bits per heavy atom. The molecule has 5 rings (SSSR count). The van der Waals surface area contributed by atoms with Crippen molar-refractivity contribution >= 4 is 45.7 Å². The molecule has 1 fully saturated rings. The lowest BCUT2D eigenvalue weighted by Gasteiger charge is -2.20. The van der Waals surface area contributed by atoms with Gasteiger partial charge in [-0.25, -0.2) is 9.97 Å². The molecule has 1 aromatic carbocycles. The lowest BCUT2D eigenvalue weighted by molar-refractivity contribution is -0.118. The van der Waals surface area contributed by atoms with Crippen LogP contribution in [-0.2, 0) is 18.4 Å². The van der Waals surface area contributed by atoms with E-state index in [0.29, 0.717) is 42.4 Å². The van der Waals surface area contributed by atoms with Crippen molar-refractivity contribution in [1.29, 1.82) is 0 Å². The second-order valence-electron chi connectivity index (χ2n) is 9.24. The molecular formula is C27H30N8O2. The van der Waals surface area contributed by atoms with E-state index in [9.17, 15) is 9.59 Å². The molecule has 0 spiro atoms. The van der Waals surface area contributed by atoms with Crippen LogP contribution >= 0.6 is 0 Å². The number of amides is 2. The third-order valence-electron chi connectivity index (χ3n) is 6.65. The maximum Gasteiger partial charge on any atom is 0.252 e. The summed E-state index contributed by atoms with van der Waals surface area (Å²) >= 11 is 0. The van der Waals surface area contributed by atoms with Gasteiger partial charge < -0.3 is 30.7 Å². The molecule has 4 heterocycles. The fourth-order valence-electron chi connectivity index (χ4n) is 4.59. The van der Waals surface area contributed by atoms with Crippen LogP contribution in [0.15, 0.2) is 61.1 Å². The normalized spacial score (nSPS) is 14.5. The summed E-state index contributed by atoms with van der Waals surface area (Å²) in [6.45, 7) is 2.71. The van der Waals surface area contributed by atoms with Gasteiger partial charge in [-0.05, 0) is 36.2 Å². The molecule has 3 aromatic heterocycles. The summed E-state index contributed by atoms with van der Waals surface area (Å²) in [4.78, 5) is 37.3. The molecule has 190 valence electrons. The van der Waals surface area contributed by atoms with Gasteiger partial charge in [-0.1, -0.05) is 18.2 Å². The van der Waals surface area contributed by atoms with Crippen molar-refractivity contribution in [3.8, 4) is 0 Å². The molecule has 0 atom stereocenters. The van der Waals surface area contributed by atoms with E-state index in [4.69, 9.17) is 5.73 Å². The first-order valence-corrected chi connectivity index (χ1v) is 12.2. The summed E-state index contributed by atoms with van der Waals surface area (Å²) in [5.74, 6) is 0.616. The number of carbonyl (C=O) groups excluding carboxylic acids is 2. The molecule has 4 aromatic rings. The fraction of sp³-hybridized carbons (Fsp3) is 0.259. The van der Waals surface area contributed by atoms with Crippen molar-refractivity contribution in [3.63, 3.8) is 0 Å². The molecule has 0 unspecified atom stereocenters. The number of nitrogens with two attached hydrogens (primary N) is 1. The molecule has 4 N–H and O–H groups in total. The Morgan fingerprint density at radius 3 is 2.65 bits per heavy atom. The van der Waals surface area contributed by atoms with Gasteiger partial charge in [0.2, 0.25) is 5.91 Å². The number of carbonyl (C=O) groups is 2. The van der Waals surface area contributed by atoms with Gasteiger partial charge in [0.05, 0.1) is 28.7 Å². The number of nitrogens with zero attached hydrogens (tertiary/aromatic N) is 5. The van der Waals surface area contributed by atoms with Gasteiger partial charge in [-0.3, -0.25) is 9.59 Å². The van der Waals surface area contributed by atoms with Crippen molar-refractivity contribution in [2.45, 2.75) is 13.0 Å². The van der Waals surface area contributed by atoms with Gasteiger partial charge in [0.15, 0.2) is 0 Å². The Kier molecular flexibility index (Phi) is 6.74. The number of rotatable bonds is 7. The molecule has 0 aliphatic carbocycles. The number of primary amides is 1. The van der Waals surface area contributed by atoms with Crippen molar-refractivity contribution in [2.24, 2.45) is 12.8 Å². The Bertz CT molecular complexity index is 1450. The van der Waals surface area contributed by atoms with Crippen LogP contribution in [0.2, 0.25) is 0 Å². The number of aromatic nitrogens is 3. The zero-order valence-corrected chi connectivity index (χ0v) is 20.9. The summed E-state index contributed by atoms with van der Waals surface area (Å²) < 4.78 is 2.08. The summed E-state index contributed by atoms with van der Waals surface area (Å²) in [5.41, 5.74) is 9.48. The van der Waals surface area contributed by atoms with Gasteiger partial charge >= 0.3 is 0 Å². The maximum absolute atomic E-state index is 12.5. The Morgan fingerprint density at radius 2 is 1.86 bits per heavy atom. The molecule has 10 heteroatoms. The van der Waals surface area contributed by atoms with Crippen molar-refractivity contribution in [2.75, 3.05) is 42.2 Å². The van der Waals surface area contributed by atoms with Crippen LogP contribution in [0.4, 0.5) is 23.0 Å². The van der Waals surface area contributed by atoms with Crippen LogP contribution < -0.4 is 21.3 Å². The molecule has 2 amide bonds. The second kappa shape index (κ2) is 10.3. The van der Waals surface area contributed by atoms with Crippen LogP contribution in [0, 0.1) is 0 Å². The average molecular weight is 499 g/mol. The van der Waals surface area contributed by atoms with E-state index >= 15 is 0 Å². The highest BCUT2D eigenvalue weighted by molar-refractivity contribution is 5.98. The summed E-state index contributed by atoms with van der Waals surface area (Å²) in [6, 6.07) is 13.6. The molecule has 1 aliphatic rings. The molecule has 1 saturated heterocycles. The lowest BCUT2D eigenvalue weighted by Crippen LogP contribution is -2.32. The number of pyridine rings is 2. The number of para-hydroxylation sites is 1. The minimum absolute atomic E-state index is 0.0947. The highest BCUT2D eigenvalue weighted by Crippen LogP contribution is 2.25. The minimum Gasteiger partial charge on any atom is -0.380 e. The average Bonchev–Trinajstić information content (AvgIpc) is 3.19. The number of likely N-dealkylation sites (N-methyl/N-ethyl adjacent to an activating group) is 1. The van der Waals surface area contributed by atoms with Crippen LogP contribution in [-0.4, -0.2) is 57.9 Å². The zero-order valence-electron chi connectivity index (χ0n) is 20.9. The highest BCUT2D eigenvalue weighted by atomic mass is 16.2. The molecule has 0 saturated carbocycles. The van der Waals surface area contributed by atoms with E-state index < -0.39 is 5.91 Å². The number of anilines is 4. The molecule has 0 bridgehead atoms. The summed E-state index contributed by atoms with van der Waals surface area (Å²) in [7, 11) is 4.03. The van der Waals surface area contributed by atoms with Crippen molar-refractivity contribution in [1.82, 2.24) is 19.4 Å². The van der Waals surface area contributed by atoms with Gasteiger partial charge in [0, 0.05) is 58.1 Å². The van der Waals surface area contributed by atoms with Crippen LogP contribution in [0.25, 0.3) is 10.9 Å². The van der Waals surface area contributed by atoms with Gasteiger partial charge in [0.25, 0.3) is 5.91 Å². The number of benzene rings is 1. The number of hydrogen-bond acceptors (Lipinski definition) is 7. The molecular weight excluding hydrogens is 468 g/mol. The Labute approximate surface area is 215 Å². The van der Waals surface area contributed by atoms with E-state index in [1.54, 1.807) is 17.2 Å². The van der Waals surface area contributed by atoms with Crippen LogP contribution in [0.1, 0.15) is 22.3 Å². The summed E-state index contributed by atoms with van der Waals surface area (Å²) in [5, 5.41) is 7.67. The lowest BCUT2D eigenvalue weighted by atomic mass is 10.1. The van der Waals surface area contributed by atoms with E-state index in [0.717, 1.165) is 35.2 Å². The van der Waals surface area contributed by atoms with E-state index in [2.05, 4.69) is 48.3 Å². The third-order valence-corrected chi connectivity index (χ3v) is 6.65. The topological polar surface area (TPSA) is 121 Å². The smallest absolute Gasteiger partial charge is 0.252 e. The van der Waals surface area contributed by atoms with Crippen molar-refractivity contribution in [3.05, 3.63) is 72.2 Å². The van der Waals surface area contributed by atoms with Crippen LogP contribution in [0.3, 0.4) is 0 Å². The standard InChI is InChI=1S/C27H30N8O2/c1-33-10-9-25(36)35(13-12-33)20-6-7-23(30-16-20)32-24-14-22(21(17-31-24)27(28)37)29-15-19-5-3-4-18-8-11-34(2)26(18)19/h3-8,11,14,16-17H,9-10,12-13,15H2,1-2H3,(H2,28,37)(H2,29,30,31,32). The second-order valence-corrected chi connectivity index (χ2v) is 9.24. The largest absolute Gasteiger partial charge is 0.380 e. The molecule has 1 aliphatic heterocycles. The van der Waals surface area contributed by atoms with Gasteiger partial charge in [0.1, 0.15) is 11.6 Å². The fourth-order valence-corrected chi connectivity index (χ4v) is 4.59.